The lowest BCUT2D eigenvalue weighted by Gasteiger charge is -2.39. The molecule has 1 aliphatic carbocycles. The fourth-order valence-electron chi connectivity index (χ4n) is 2.61. The smallest absolute Gasteiger partial charge is 0.124 e. The molecule has 1 heterocycles. The summed E-state index contributed by atoms with van der Waals surface area (Å²) < 4.78 is 6.02. The van der Waals surface area contributed by atoms with Gasteiger partial charge in [0.15, 0.2) is 0 Å². The standard InChI is InChI=1S/C13H16ClNO/c14-9-4-5-12-10(6-9)11(15)7-13(16-12)8-2-1-3-8/h4-6,8,11,13H,1-3,7,15H2/t11-,13?/m1/s1. The van der Waals surface area contributed by atoms with Crippen molar-refractivity contribution in [3.63, 3.8) is 0 Å². The fraction of sp³-hybridized carbons (Fsp3) is 0.538. The summed E-state index contributed by atoms with van der Waals surface area (Å²) in [6.07, 6.45) is 5.17. The van der Waals surface area contributed by atoms with Gasteiger partial charge in [0, 0.05) is 23.0 Å². The normalized spacial score (nSPS) is 29.1. The van der Waals surface area contributed by atoms with Crippen LogP contribution in [0.5, 0.6) is 5.75 Å². The van der Waals surface area contributed by atoms with Crippen LogP contribution in [0.2, 0.25) is 5.02 Å². The lowest BCUT2D eigenvalue weighted by atomic mass is 9.77. The molecule has 1 aromatic carbocycles. The minimum atomic E-state index is 0.0769. The van der Waals surface area contributed by atoms with E-state index in [1.54, 1.807) is 0 Å². The van der Waals surface area contributed by atoms with Crippen LogP contribution in [0.25, 0.3) is 0 Å². The summed E-state index contributed by atoms with van der Waals surface area (Å²) in [6, 6.07) is 5.82. The van der Waals surface area contributed by atoms with Gasteiger partial charge in [-0.15, -0.1) is 0 Å². The van der Waals surface area contributed by atoms with Crippen LogP contribution in [0.3, 0.4) is 0 Å². The zero-order valence-electron chi connectivity index (χ0n) is 9.16. The molecule has 2 atom stereocenters. The number of ether oxygens (including phenoxy) is 1. The molecule has 0 aromatic heterocycles. The molecular weight excluding hydrogens is 222 g/mol. The van der Waals surface area contributed by atoms with Crippen molar-refractivity contribution in [2.75, 3.05) is 0 Å². The lowest BCUT2D eigenvalue weighted by molar-refractivity contribution is 0.0580. The molecule has 2 nitrogen and oxygen atoms in total. The van der Waals surface area contributed by atoms with Crippen molar-refractivity contribution in [1.82, 2.24) is 0 Å². The molecule has 1 unspecified atom stereocenters. The van der Waals surface area contributed by atoms with Gasteiger partial charge < -0.3 is 10.5 Å². The summed E-state index contributed by atoms with van der Waals surface area (Å²) in [5.74, 6) is 1.65. The van der Waals surface area contributed by atoms with E-state index in [1.165, 1.54) is 19.3 Å². The molecule has 0 bridgehead atoms. The minimum absolute atomic E-state index is 0.0769. The zero-order chi connectivity index (χ0) is 11.1. The van der Waals surface area contributed by atoms with Gasteiger partial charge in [-0.3, -0.25) is 0 Å². The summed E-state index contributed by atoms with van der Waals surface area (Å²) in [7, 11) is 0. The van der Waals surface area contributed by atoms with E-state index < -0.39 is 0 Å². The third-order valence-corrected chi connectivity index (χ3v) is 4.05. The second-order valence-electron chi connectivity index (χ2n) is 4.87. The highest BCUT2D eigenvalue weighted by atomic mass is 35.5. The molecule has 1 saturated carbocycles. The Hall–Kier alpha value is -0.730. The average Bonchev–Trinajstić information content (AvgIpc) is 2.17. The van der Waals surface area contributed by atoms with Crippen molar-refractivity contribution in [2.45, 2.75) is 37.8 Å². The molecule has 86 valence electrons. The van der Waals surface area contributed by atoms with Gasteiger partial charge >= 0.3 is 0 Å². The molecule has 0 saturated heterocycles. The van der Waals surface area contributed by atoms with E-state index in [9.17, 15) is 0 Å². The van der Waals surface area contributed by atoms with Crippen LogP contribution in [0.15, 0.2) is 18.2 Å². The van der Waals surface area contributed by atoms with Gasteiger partial charge in [-0.1, -0.05) is 18.0 Å². The van der Waals surface area contributed by atoms with Crippen molar-refractivity contribution in [3.8, 4) is 5.75 Å². The lowest BCUT2D eigenvalue weighted by Crippen LogP contribution is -2.38. The van der Waals surface area contributed by atoms with Gasteiger partial charge in [0.2, 0.25) is 0 Å². The van der Waals surface area contributed by atoms with Gasteiger partial charge in [-0.05, 0) is 37.0 Å². The summed E-state index contributed by atoms with van der Waals surface area (Å²) >= 11 is 5.97. The Labute approximate surface area is 101 Å². The monoisotopic (exact) mass is 237 g/mol. The van der Waals surface area contributed by atoms with E-state index >= 15 is 0 Å². The minimum Gasteiger partial charge on any atom is -0.490 e. The second-order valence-corrected chi connectivity index (χ2v) is 5.31. The molecule has 3 heteroatoms. The Balaban J connectivity index is 1.87. The van der Waals surface area contributed by atoms with Crippen molar-refractivity contribution in [2.24, 2.45) is 11.7 Å². The maximum Gasteiger partial charge on any atom is 0.124 e. The Morgan fingerprint density at radius 2 is 2.12 bits per heavy atom. The Morgan fingerprint density at radius 1 is 1.31 bits per heavy atom. The van der Waals surface area contributed by atoms with E-state index in [-0.39, 0.29) is 6.04 Å². The van der Waals surface area contributed by atoms with Gasteiger partial charge in [0.1, 0.15) is 11.9 Å². The topological polar surface area (TPSA) is 35.2 Å². The molecule has 16 heavy (non-hydrogen) atoms. The van der Waals surface area contributed by atoms with E-state index in [4.69, 9.17) is 22.1 Å². The highest BCUT2D eigenvalue weighted by Gasteiger charge is 2.34. The first-order valence-electron chi connectivity index (χ1n) is 5.96. The van der Waals surface area contributed by atoms with Crippen molar-refractivity contribution < 1.29 is 4.74 Å². The maximum atomic E-state index is 6.18. The fourth-order valence-corrected chi connectivity index (χ4v) is 2.79. The first kappa shape index (κ1) is 10.4. The molecule has 1 fully saturated rings. The van der Waals surface area contributed by atoms with Crippen LogP contribution < -0.4 is 10.5 Å². The van der Waals surface area contributed by atoms with E-state index in [0.717, 1.165) is 28.7 Å². The number of fused-ring (bicyclic) bond motifs is 1. The largest absolute Gasteiger partial charge is 0.490 e. The summed E-state index contributed by atoms with van der Waals surface area (Å²) in [6.45, 7) is 0. The molecule has 0 spiro atoms. The van der Waals surface area contributed by atoms with Crippen LogP contribution in [0.1, 0.15) is 37.3 Å². The molecule has 1 aromatic rings. The highest BCUT2D eigenvalue weighted by Crippen LogP contribution is 2.41. The third-order valence-electron chi connectivity index (χ3n) is 3.81. The number of nitrogens with two attached hydrogens (primary N) is 1. The van der Waals surface area contributed by atoms with Crippen LogP contribution in [-0.4, -0.2) is 6.10 Å². The SMILES string of the molecule is N[C@@H]1CC(C2CCC2)Oc2ccc(Cl)cc21. The molecule has 0 radical (unpaired) electrons. The first-order chi connectivity index (χ1) is 7.74. The van der Waals surface area contributed by atoms with E-state index in [0.29, 0.717) is 6.10 Å². The second kappa shape index (κ2) is 3.94. The average molecular weight is 238 g/mol. The van der Waals surface area contributed by atoms with Gasteiger partial charge in [-0.2, -0.15) is 0 Å². The van der Waals surface area contributed by atoms with E-state index in [1.807, 2.05) is 18.2 Å². The number of hydrogen-bond donors (Lipinski definition) is 1. The van der Waals surface area contributed by atoms with Gasteiger partial charge in [-0.25, -0.2) is 0 Å². The van der Waals surface area contributed by atoms with Crippen molar-refractivity contribution in [3.05, 3.63) is 28.8 Å². The number of hydrogen-bond acceptors (Lipinski definition) is 2. The molecule has 3 rings (SSSR count). The Morgan fingerprint density at radius 3 is 2.81 bits per heavy atom. The van der Waals surface area contributed by atoms with Crippen LogP contribution in [0, 0.1) is 5.92 Å². The number of benzene rings is 1. The predicted octanol–water partition coefficient (Wildman–Crippen LogP) is 3.29. The van der Waals surface area contributed by atoms with Crippen LogP contribution >= 0.6 is 11.6 Å². The highest BCUT2D eigenvalue weighted by molar-refractivity contribution is 6.30. The maximum absolute atomic E-state index is 6.18. The first-order valence-corrected chi connectivity index (χ1v) is 6.33. The van der Waals surface area contributed by atoms with Crippen LogP contribution in [0.4, 0.5) is 0 Å². The third kappa shape index (κ3) is 1.70. The number of rotatable bonds is 1. The zero-order valence-corrected chi connectivity index (χ0v) is 9.91. The van der Waals surface area contributed by atoms with E-state index in [2.05, 4.69) is 0 Å². The molecule has 1 aliphatic heterocycles. The Bertz CT molecular complexity index is 403. The molecule has 2 aliphatic rings. The predicted molar refractivity (Wildman–Crippen MR) is 64.8 cm³/mol. The molecular formula is C13H16ClNO. The van der Waals surface area contributed by atoms with Gasteiger partial charge in [0.05, 0.1) is 0 Å². The van der Waals surface area contributed by atoms with Crippen molar-refractivity contribution in [1.29, 1.82) is 0 Å². The van der Waals surface area contributed by atoms with Crippen molar-refractivity contribution >= 4 is 11.6 Å². The molecule has 0 amide bonds. The van der Waals surface area contributed by atoms with Crippen LogP contribution in [-0.2, 0) is 0 Å². The summed E-state index contributed by atoms with van der Waals surface area (Å²) in [4.78, 5) is 0. The quantitative estimate of drug-likeness (QED) is 0.814. The summed E-state index contributed by atoms with van der Waals surface area (Å²) in [5.41, 5.74) is 7.24. The molecule has 2 N–H and O–H groups in total. The Kier molecular flexibility index (Phi) is 2.56. The number of halogens is 1. The van der Waals surface area contributed by atoms with Gasteiger partial charge in [0.25, 0.3) is 0 Å². The summed E-state index contributed by atoms with van der Waals surface area (Å²) in [5, 5.41) is 0.736.